The Morgan fingerprint density at radius 3 is 2.42 bits per heavy atom. The average Bonchev–Trinajstić information content (AvgIpc) is 1.96. The Morgan fingerprint density at radius 1 is 1.50 bits per heavy atom. The van der Waals surface area contributed by atoms with E-state index in [9.17, 15) is 0 Å². The quantitative estimate of drug-likeness (QED) is 0.504. The van der Waals surface area contributed by atoms with Gasteiger partial charge in [-0.25, -0.2) is 0 Å². The first kappa shape index (κ1) is 12.2. The zero-order valence-corrected chi connectivity index (χ0v) is 9.20. The first-order valence-corrected chi connectivity index (χ1v) is 5.07. The van der Waals surface area contributed by atoms with Crippen molar-refractivity contribution >= 4 is 11.8 Å². The van der Waals surface area contributed by atoms with Crippen LogP contribution in [-0.4, -0.2) is 30.3 Å². The summed E-state index contributed by atoms with van der Waals surface area (Å²) < 4.78 is 5.30. The van der Waals surface area contributed by atoms with Crippen LogP contribution in [0.4, 0.5) is 0 Å². The van der Waals surface area contributed by atoms with Gasteiger partial charge in [0, 0.05) is 17.6 Å². The van der Waals surface area contributed by atoms with Crippen molar-refractivity contribution in [3.63, 3.8) is 0 Å². The topological polar surface area (TPSA) is 47.3 Å². The number of rotatable bonds is 5. The lowest BCUT2D eigenvalue weighted by Gasteiger charge is -2.21. The molecule has 0 heterocycles. The summed E-state index contributed by atoms with van der Waals surface area (Å²) >= 11 is 1.88. The van der Waals surface area contributed by atoms with Crippen LogP contribution < -0.4 is 11.3 Å². The van der Waals surface area contributed by atoms with Crippen molar-refractivity contribution in [3.8, 4) is 0 Å². The van der Waals surface area contributed by atoms with Crippen LogP contribution in [0.15, 0.2) is 0 Å². The molecule has 0 bridgehead atoms. The highest BCUT2D eigenvalue weighted by atomic mass is 32.2. The number of nitrogens with one attached hydrogen (secondary N) is 1. The van der Waals surface area contributed by atoms with Crippen molar-refractivity contribution in [2.24, 2.45) is 5.84 Å². The lowest BCUT2D eigenvalue weighted by atomic mass is 10.3. The summed E-state index contributed by atoms with van der Waals surface area (Å²) in [6, 6.07) is 0.249. The minimum Gasteiger partial charge on any atom is -0.383 e. The second-order valence-electron chi connectivity index (χ2n) is 3.74. The van der Waals surface area contributed by atoms with E-state index in [1.54, 1.807) is 7.11 Å². The highest BCUT2D eigenvalue weighted by Gasteiger charge is 2.14. The Kier molecular flexibility index (Phi) is 5.92. The molecule has 0 aliphatic heterocycles. The molecule has 0 aromatic carbocycles. The van der Waals surface area contributed by atoms with E-state index in [0.29, 0.717) is 11.4 Å². The molecular weight excluding hydrogens is 172 g/mol. The van der Waals surface area contributed by atoms with E-state index in [1.165, 1.54) is 0 Å². The maximum atomic E-state index is 5.34. The molecule has 0 saturated carbocycles. The number of hydrazine groups is 1. The van der Waals surface area contributed by atoms with Gasteiger partial charge in [0.1, 0.15) is 0 Å². The van der Waals surface area contributed by atoms with E-state index in [0.717, 1.165) is 5.75 Å². The molecule has 3 nitrogen and oxygen atoms in total. The maximum absolute atomic E-state index is 5.34. The molecule has 4 heteroatoms. The van der Waals surface area contributed by atoms with Crippen LogP contribution in [0.1, 0.15) is 20.8 Å². The number of methoxy groups -OCH3 is 1. The predicted octanol–water partition coefficient (Wildman–Crippen LogP) is 0.996. The van der Waals surface area contributed by atoms with Crippen molar-refractivity contribution in [1.29, 1.82) is 0 Å². The summed E-state index contributed by atoms with van der Waals surface area (Å²) in [7, 11) is 1.69. The molecule has 12 heavy (non-hydrogen) atoms. The van der Waals surface area contributed by atoms with Crippen molar-refractivity contribution in [2.75, 3.05) is 19.5 Å². The maximum Gasteiger partial charge on any atom is 0.0637 e. The summed E-state index contributed by atoms with van der Waals surface area (Å²) in [6.07, 6.45) is 0. The number of nitrogens with two attached hydrogens (primary N) is 1. The summed E-state index contributed by atoms with van der Waals surface area (Å²) in [5.74, 6) is 6.32. The normalized spacial score (nSPS) is 14.8. The average molecular weight is 192 g/mol. The Bertz CT molecular complexity index is 114. The molecule has 1 atom stereocenters. The third-order valence-corrected chi connectivity index (χ3v) is 2.76. The first-order valence-electron chi connectivity index (χ1n) is 4.08. The molecule has 0 aromatic rings. The number of hydrogen-bond donors (Lipinski definition) is 2. The minimum absolute atomic E-state index is 0.249. The summed E-state index contributed by atoms with van der Waals surface area (Å²) in [5, 5.41) is 0. The number of thioether (sulfide) groups is 1. The standard InChI is InChI=1S/C8H20N2OS/c1-8(2,3)12-6-7(10-9)5-11-4/h7,10H,5-6,9H2,1-4H3. The van der Waals surface area contributed by atoms with Crippen molar-refractivity contribution in [1.82, 2.24) is 5.43 Å². The van der Waals surface area contributed by atoms with Crippen LogP contribution in [0.2, 0.25) is 0 Å². The van der Waals surface area contributed by atoms with Crippen LogP contribution >= 0.6 is 11.8 Å². The van der Waals surface area contributed by atoms with Crippen LogP contribution in [0.25, 0.3) is 0 Å². The van der Waals surface area contributed by atoms with Crippen LogP contribution in [0.5, 0.6) is 0 Å². The van der Waals surface area contributed by atoms with E-state index in [1.807, 2.05) is 11.8 Å². The van der Waals surface area contributed by atoms with E-state index in [2.05, 4.69) is 26.2 Å². The lowest BCUT2D eigenvalue weighted by molar-refractivity contribution is 0.174. The largest absolute Gasteiger partial charge is 0.383 e. The second kappa shape index (κ2) is 5.80. The van der Waals surface area contributed by atoms with Gasteiger partial charge in [-0.1, -0.05) is 20.8 Å². The Balaban J connectivity index is 3.58. The van der Waals surface area contributed by atoms with Crippen LogP contribution in [0, 0.1) is 0 Å². The van der Waals surface area contributed by atoms with Gasteiger partial charge in [-0.3, -0.25) is 11.3 Å². The van der Waals surface area contributed by atoms with Gasteiger partial charge in [0.2, 0.25) is 0 Å². The fraction of sp³-hybridized carbons (Fsp3) is 1.00. The molecule has 0 fully saturated rings. The molecule has 0 amide bonds. The van der Waals surface area contributed by atoms with Gasteiger partial charge in [-0.05, 0) is 0 Å². The summed E-state index contributed by atoms with van der Waals surface area (Å²) in [5.41, 5.74) is 2.73. The van der Waals surface area contributed by atoms with Gasteiger partial charge in [0.05, 0.1) is 12.6 Å². The molecule has 0 spiro atoms. The highest BCUT2D eigenvalue weighted by Crippen LogP contribution is 2.23. The van der Waals surface area contributed by atoms with E-state index in [4.69, 9.17) is 10.6 Å². The number of hydrogen-bond acceptors (Lipinski definition) is 4. The summed E-state index contributed by atoms with van der Waals surface area (Å²) in [6.45, 7) is 7.24. The number of ether oxygens (including phenoxy) is 1. The van der Waals surface area contributed by atoms with Gasteiger partial charge < -0.3 is 4.74 Å². The molecule has 74 valence electrons. The minimum atomic E-state index is 0.249. The molecule has 0 radical (unpaired) electrons. The summed E-state index contributed by atoms with van der Waals surface area (Å²) in [4.78, 5) is 0. The van der Waals surface area contributed by atoms with E-state index >= 15 is 0 Å². The first-order chi connectivity index (χ1) is 5.49. The van der Waals surface area contributed by atoms with E-state index in [-0.39, 0.29) is 6.04 Å². The van der Waals surface area contributed by atoms with Crippen molar-refractivity contribution in [2.45, 2.75) is 31.6 Å². The lowest BCUT2D eigenvalue weighted by Crippen LogP contribution is -2.41. The molecule has 0 aliphatic carbocycles. The molecular formula is C8H20N2OS. The zero-order valence-electron chi connectivity index (χ0n) is 8.39. The molecule has 0 rings (SSSR count). The molecule has 0 saturated heterocycles. The predicted molar refractivity (Wildman–Crippen MR) is 55.2 cm³/mol. The van der Waals surface area contributed by atoms with Gasteiger partial charge in [0.25, 0.3) is 0 Å². The smallest absolute Gasteiger partial charge is 0.0637 e. The third-order valence-electron chi connectivity index (χ3n) is 1.32. The monoisotopic (exact) mass is 192 g/mol. The van der Waals surface area contributed by atoms with Crippen molar-refractivity contribution < 1.29 is 4.74 Å². The zero-order chi connectivity index (χ0) is 9.61. The molecule has 3 N–H and O–H groups in total. The van der Waals surface area contributed by atoms with Crippen LogP contribution in [0.3, 0.4) is 0 Å². The van der Waals surface area contributed by atoms with Gasteiger partial charge in [0.15, 0.2) is 0 Å². The Labute approximate surface area is 79.4 Å². The fourth-order valence-corrected chi connectivity index (χ4v) is 1.59. The Morgan fingerprint density at radius 2 is 2.08 bits per heavy atom. The highest BCUT2D eigenvalue weighted by molar-refractivity contribution is 8.00. The third kappa shape index (κ3) is 6.91. The van der Waals surface area contributed by atoms with Gasteiger partial charge in [-0.15, -0.1) is 0 Å². The van der Waals surface area contributed by atoms with Crippen molar-refractivity contribution in [3.05, 3.63) is 0 Å². The SMILES string of the molecule is COCC(CSC(C)(C)C)NN. The molecule has 0 aliphatic rings. The Hall–Kier alpha value is 0.230. The fourth-order valence-electron chi connectivity index (χ4n) is 0.696. The van der Waals surface area contributed by atoms with Crippen LogP contribution in [-0.2, 0) is 4.74 Å². The second-order valence-corrected chi connectivity index (χ2v) is 5.59. The van der Waals surface area contributed by atoms with Gasteiger partial charge >= 0.3 is 0 Å². The molecule has 0 aromatic heterocycles. The molecule has 1 unspecified atom stereocenters. The van der Waals surface area contributed by atoms with E-state index < -0.39 is 0 Å². The van der Waals surface area contributed by atoms with Gasteiger partial charge in [-0.2, -0.15) is 11.8 Å².